The van der Waals surface area contributed by atoms with Gasteiger partial charge in [-0.3, -0.25) is 0 Å². The lowest BCUT2D eigenvalue weighted by atomic mass is 10.1. The fourth-order valence-electron chi connectivity index (χ4n) is 1.77. The summed E-state index contributed by atoms with van der Waals surface area (Å²) in [4.78, 5) is 12.6. The fourth-order valence-corrected chi connectivity index (χ4v) is 1.77. The van der Waals surface area contributed by atoms with Crippen LogP contribution in [0.1, 0.15) is 18.1 Å². The molecule has 1 aromatic heterocycles. The Morgan fingerprint density at radius 3 is 2.50 bits per heavy atom. The highest BCUT2D eigenvalue weighted by atomic mass is 16.5. The Morgan fingerprint density at radius 2 is 1.85 bits per heavy atom. The van der Waals surface area contributed by atoms with E-state index in [-0.39, 0.29) is 0 Å². The first-order valence-electron chi connectivity index (χ1n) is 6.54. The summed E-state index contributed by atoms with van der Waals surface area (Å²) >= 11 is 0. The second-order valence-corrected chi connectivity index (χ2v) is 4.34. The van der Waals surface area contributed by atoms with Crippen molar-refractivity contribution in [3.63, 3.8) is 0 Å². The van der Waals surface area contributed by atoms with Crippen molar-refractivity contribution in [3.05, 3.63) is 35.4 Å². The highest BCUT2D eigenvalue weighted by Gasteiger charge is 2.05. The van der Waals surface area contributed by atoms with Gasteiger partial charge in [0.1, 0.15) is 0 Å². The van der Waals surface area contributed by atoms with Crippen molar-refractivity contribution in [3.8, 4) is 6.01 Å². The first-order valence-corrected chi connectivity index (χ1v) is 6.54. The molecule has 6 heteroatoms. The minimum Gasteiger partial charge on any atom is -0.467 e. The third-order valence-electron chi connectivity index (χ3n) is 2.67. The molecule has 106 valence electrons. The van der Waals surface area contributed by atoms with Crippen molar-refractivity contribution in [1.29, 1.82) is 0 Å². The predicted octanol–water partition coefficient (Wildman–Crippen LogP) is 2.23. The van der Waals surface area contributed by atoms with Crippen molar-refractivity contribution in [2.45, 2.75) is 20.4 Å². The maximum atomic E-state index is 5.07. The summed E-state index contributed by atoms with van der Waals surface area (Å²) in [6, 6.07) is 8.58. The lowest BCUT2D eigenvalue weighted by Crippen LogP contribution is -2.10. The Bertz CT molecular complexity index is 573. The lowest BCUT2D eigenvalue weighted by molar-refractivity contribution is 0.379. The van der Waals surface area contributed by atoms with Crippen LogP contribution in [0.15, 0.2) is 24.3 Å². The zero-order chi connectivity index (χ0) is 14.4. The molecule has 0 saturated heterocycles. The van der Waals surface area contributed by atoms with Crippen LogP contribution in [-0.2, 0) is 6.54 Å². The number of rotatable bonds is 6. The normalized spacial score (nSPS) is 10.2. The zero-order valence-electron chi connectivity index (χ0n) is 12.0. The molecule has 0 bridgehead atoms. The van der Waals surface area contributed by atoms with E-state index in [0.717, 1.165) is 6.54 Å². The molecule has 1 heterocycles. The Kier molecular flexibility index (Phi) is 4.70. The number of hydrogen-bond donors (Lipinski definition) is 2. The second-order valence-electron chi connectivity index (χ2n) is 4.34. The third kappa shape index (κ3) is 3.81. The molecule has 1 aromatic carbocycles. The van der Waals surface area contributed by atoms with E-state index >= 15 is 0 Å². The molecule has 0 fully saturated rings. The van der Waals surface area contributed by atoms with Crippen LogP contribution in [0.25, 0.3) is 0 Å². The Morgan fingerprint density at radius 1 is 1.10 bits per heavy atom. The number of aromatic nitrogens is 3. The van der Waals surface area contributed by atoms with E-state index in [2.05, 4.69) is 50.7 Å². The molecule has 2 rings (SSSR count). The number of nitrogens with one attached hydrogen (secondary N) is 2. The van der Waals surface area contributed by atoms with E-state index in [0.29, 0.717) is 24.5 Å². The van der Waals surface area contributed by atoms with Crippen LogP contribution in [0.4, 0.5) is 11.9 Å². The summed E-state index contributed by atoms with van der Waals surface area (Å²) < 4.78 is 5.07. The number of aryl methyl sites for hydroxylation is 1. The van der Waals surface area contributed by atoms with E-state index in [9.17, 15) is 0 Å². The summed E-state index contributed by atoms with van der Waals surface area (Å²) in [5, 5.41) is 6.23. The van der Waals surface area contributed by atoms with Crippen LogP contribution in [-0.4, -0.2) is 28.6 Å². The first kappa shape index (κ1) is 14.0. The molecule has 2 N–H and O–H groups in total. The predicted molar refractivity (Wildman–Crippen MR) is 79.0 cm³/mol. The molecule has 0 saturated carbocycles. The molecule has 20 heavy (non-hydrogen) atoms. The molecule has 0 atom stereocenters. The first-order chi connectivity index (χ1) is 9.71. The van der Waals surface area contributed by atoms with Crippen LogP contribution in [0.2, 0.25) is 0 Å². The summed E-state index contributed by atoms with van der Waals surface area (Å²) in [5.74, 6) is 1.00. The number of benzene rings is 1. The molecule has 0 radical (unpaired) electrons. The molecule has 0 unspecified atom stereocenters. The molecule has 0 spiro atoms. The quantitative estimate of drug-likeness (QED) is 0.841. The van der Waals surface area contributed by atoms with Crippen LogP contribution in [0.5, 0.6) is 6.01 Å². The van der Waals surface area contributed by atoms with Crippen molar-refractivity contribution >= 4 is 11.9 Å². The number of hydrogen-bond acceptors (Lipinski definition) is 6. The van der Waals surface area contributed by atoms with Gasteiger partial charge in [-0.05, 0) is 19.4 Å². The number of ether oxygens (including phenoxy) is 1. The summed E-state index contributed by atoms with van der Waals surface area (Å²) in [6.07, 6.45) is 0. The Labute approximate surface area is 118 Å². The van der Waals surface area contributed by atoms with Gasteiger partial charge in [-0.2, -0.15) is 15.0 Å². The lowest BCUT2D eigenvalue weighted by Gasteiger charge is -2.09. The Balaban J connectivity index is 2.10. The van der Waals surface area contributed by atoms with Crippen molar-refractivity contribution in [2.75, 3.05) is 24.3 Å². The van der Waals surface area contributed by atoms with E-state index in [1.165, 1.54) is 18.2 Å². The summed E-state index contributed by atoms with van der Waals surface area (Å²) in [5.41, 5.74) is 2.40. The third-order valence-corrected chi connectivity index (χ3v) is 2.67. The van der Waals surface area contributed by atoms with Gasteiger partial charge in [0.15, 0.2) is 0 Å². The molecule has 0 aliphatic carbocycles. The van der Waals surface area contributed by atoms with E-state index in [1.807, 2.05) is 13.0 Å². The van der Waals surface area contributed by atoms with Crippen molar-refractivity contribution in [2.24, 2.45) is 0 Å². The van der Waals surface area contributed by atoms with Crippen LogP contribution in [0, 0.1) is 6.92 Å². The molecule has 0 amide bonds. The summed E-state index contributed by atoms with van der Waals surface area (Å²) in [7, 11) is 1.54. The van der Waals surface area contributed by atoms with Gasteiger partial charge in [0.2, 0.25) is 11.9 Å². The van der Waals surface area contributed by atoms with E-state index in [1.54, 1.807) is 0 Å². The molecular formula is C14H19N5O. The largest absolute Gasteiger partial charge is 0.467 e. The van der Waals surface area contributed by atoms with Gasteiger partial charge in [0.05, 0.1) is 7.11 Å². The molecule has 6 nitrogen and oxygen atoms in total. The summed E-state index contributed by atoms with van der Waals surface area (Å²) in [6.45, 7) is 5.44. The van der Waals surface area contributed by atoms with Gasteiger partial charge in [-0.25, -0.2) is 0 Å². The van der Waals surface area contributed by atoms with Gasteiger partial charge in [0.25, 0.3) is 0 Å². The van der Waals surface area contributed by atoms with Gasteiger partial charge in [-0.15, -0.1) is 0 Å². The fraction of sp³-hybridized carbons (Fsp3) is 0.357. The SMILES string of the molecule is CCNc1nc(NCc2cccc(C)c2)nc(OC)n1. The van der Waals surface area contributed by atoms with Gasteiger partial charge in [0, 0.05) is 13.1 Å². The molecule has 0 aliphatic rings. The van der Waals surface area contributed by atoms with Crippen molar-refractivity contribution in [1.82, 2.24) is 15.0 Å². The minimum absolute atomic E-state index is 0.294. The van der Waals surface area contributed by atoms with E-state index in [4.69, 9.17) is 4.74 Å². The van der Waals surface area contributed by atoms with Crippen molar-refractivity contribution < 1.29 is 4.74 Å². The minimum atomic E-state index is 0.294. The maximum absolute atomic E-state index is 5.07. The van der Waals surface area contributed by atoms with Crippen LogP contribution >= 0.6 is 0 Å². The Hall–Kier alpha value is -2.37. The van der Waals surface area contributed by atoms with E-state index < -0.39 is 0 Å². The molecule has 2 aromatic rings. The monoisotopic (exact) mass is 273 g/mol. The molecule has 0 aliphatic heterocycles. The standard InChI is InChI=1S/C14H19N5O/c1-4-15-12-17-13(19-14(18-12)20-3)16-9-11-7-5-6-10(2)8-11/h5-8H,4,9H2,1-3H3,(H2,15,16,17,18,19). The maximum Gasteiger partial charge on any atom is 0.322 e. The van der Waals surface area contributed by atoms with Gasteiger partial charge < -0.3 is 15.4 Å². The number of nitrogens with zero attached hydrogens (tertiary/aromatic N) is 3. The highest BCUT2D eigenvalue weighted by Crippen LogP contribution is 2.12. The second kappa shape index (κ2) is 6.70. The van der Waals surface area contributed by atoms with Gasteiger partial charge >= 0.3 is 6.01 Å². The van der Waals surface area contributed by atoms with Crippen LogP contribution < -0.4 is 15.4 Å². The average Bonchev–Trinajstić information content (AvgIpc) is 2.45. The smallest absolute Gasteiger partial charge is 0.322 e. The number of anilines is 2. The van der Waals surface area contributed by atoms with Gasteiger partial charge in [-0.1, -0.05) is 29.8 Å². The molecular weight excluding hydrogens is 254 g/mol. The zero-order valence-corrected chi connectivity index (χ0v) is 12.0. The number of methoxy groups -OCH3 is 1. The topological polar surface area (TPSA) is 72.0 Å². The average molecular weight is 273 g/mol. The highest BCUT2D eigenvalue weighted by molar-refractivity contribution is 5.37. The van der Waals surface area contributed by atoms with Crippen LogP contribution in [0.3, 0.4) is 0 Å².